The van der Waals surface area contributed by atoms with Crippen molar-refractivity contribution in [2.24, 2.45) is 0 Å². The number of rotatable bonds is 7. The summed E-state index contributed by atoms with van der Waals surface area (Å²) < 4.78 is 1.97. The van der Waals surface area contributed by atoms with E-state index in [9.17, 15) is 4.79 Å². The molecule has 0 aliphatic carbocycles. The number of urea groups is 1. The van der Waals surface area contributed by atoms with Crippen molar-refractivity contribution in [3.63, 3.8) is 0 Å². The number of hydrogen-bond donors (Lipinski definition) is 2. The Hall–Kier alpha value is -2.34. The molecule has 6 nitrogen and oxygen atoms in total. The van der Waals surface area contributed by atoms with E-state index in [1.807, 2.05) is 49.8 Å². The highest BCUT2D eigenvalue weighted by Gasteiger charge is 2.06. The number of aryl methyl sites for hydroxylation is 2. The van der Waals surface area contributed by atoms with Crippen molar-refractivity contribution in [1.29, 1.82) is 0 Å². The van der Waals surface area contributed by atoms with Crippen molar-refractivity contribution in [3.05, 3.63) is 47.3 Å². The lowest BCUT2D eigenvalue weighted by Gasteiger charge is -2.20. The quantitative estimate of drug-likeness (QED) is 0.812. The fraction of sp³-hybridized carbons (Fsp3) is 0.474. The summed E-state index contributed by atoms with van der Waals surface area (Å²) >= 11 is 0. The maximum atomic E-state index is 12.0. The van der Waals surface area contributed by atoms with Gasteiger partial charge in [0.25, 0.3) is 0 Å². The average molecular weight is 343 g/mol. The highest BCUT2D eigenvalue weighted by atomic mass is 16.2. The van der Waals surface area contributed by atoms with Crippen molar-refractivity contribution in [1.82, 2.24) is 20.0 Å². The molecule has 0 radical (unpaired) electrons. The Balaban J connectivity index is 1.88. The van der Waals surface area contributed by atoms with Crippen LogP contribution >= 0.6 is 0 Å². The molecule has 0 aliphatic rings. The largest absolute Gasteiger partial charge is 0.337 e. The Morgan fingerprint density at radius 3 is 2.68 bits per heavy atom. The lowest BCUT2D eigenvalue weighted by atomic mass is 10.2. The molecule has 1 aromatic heterocycles. The zero-order chi connectivity index (χ0) is 18.4. The van der Waals surface area contributed by atoms with Gasteiger partial charge in [-0.15, -0.1) is 0 Å². The number of nitrogens with zero attached hydrogens (tertiary/aromatic N) is 3. The molecule has 2 amide bonds. The third-order valence-electron chi connectivity index (χ3n) is 4.25. The van der Waals surface area contributed by atoms with E-state index in [-0.39, 0.29) is 6.03 Å². The van der Waals surface area contributed by atoms with Gasteiger partial charge < -0.3 is 15.5 Å². The molecule has 0 saturated carbocycles. The lowest BCUT2D eigenvalue weighted by Crippen LogP contribution is -2.37. The van der Waals surface area contributed by atoms with Crippen LogP contribution in [-0.2, 0) is 6.54 Å². The molecule has 1 heterocycles. The highest BCUT2D eigenvalue weighted by molar-refractivity contribution is 5.89. The predicted octanol–water partition coefficient (Wildman–Crippen LogP) is 3.01. The number of hydrogen-bond acceptors (Lipinski definition) is 3. The second kappa shape index (κ2) is 8.67. The minimum Gasteiger partial charge on any atom is -0.337 e. The van der Waals surface area contributed by atoms with Crippen molar-refractivity contribution in [3.8, 4) is 0 Å². The van der Waals surface area contributed by atoms with Crippen LogP contribution in [0.4, 0.5) is 10.5 Å². The monoisotopic (exact) mass is 343 g/mol. The molecular weight excluding hydrogens is 314 g/mol. The van der Waals surface area contributed by atoms with Gasteiger partial charge in [0.2, 0.25) is 0 Å². The first-order valence-electron chi connectivity index (χ1n) is 8.70. The van der Waals surface area contributed by atoms with Gasteiger partial charge in [0, 0.05) is 30.5 Å². The normalized spacial score (nSPS) is 11.2. The number of amides is 2. The number of anilines is 1. The molecular formula is C19H29N5O. The number of carbonyl (C=O) groups is 1. The van der Waals surface area contributed by atoms with Gasteiger partial charge in [-0.1, -0.05) is 12.1 Å². The van der Waals surface area contributed by atoms with Gasteiger partial charge in [0.1, 0.15) is 0 Å². The molecule has 2 aromatic rings. The lowest BCUT2D eigenvalue weighted by molar-refractivity contribution is 0.244. The van der Waals surface area contributed by atoms with Crippen molar-refractivity contribution < 1.29 is 4.79 Å². The number of carbonyl (C=O) groups excluding carboxylic acids is 1. The summed E-state index contributed by atoms with van der Waals surface area (Å²) in [5.74, 6) is 0. The van der Waals surface area contributed by atoms with Gasteiger partial charge in [0.05, 0.1) is 12.2 Å². The number of benzene rings is 1. The van der Waals surface area contributed by atoms with Gasteiger partial charge in [-0.05, 0) is 58.5 Å². The number of nitrogens with one attached hydrogen (secondary N) is 2. The van der Waals surface area contributed by atoms with Crippen LogP contribution in [0.15, 0.2) is 30.3 Å². The van der Waals surface area contributed by atoms with Crippen molar-refractivity contribution in [2.75, 3.05) is 25.5 Å². The highest BCUT2D eigenvalue weighted by Crippen LogP contribution is 2.13. The number of aromatic nitrogens is 2. The zero-order valence-corrected chi connectivity index (χ0v) is 15.8. The fourth-order valence-electron chi connectivity index (χ4n) is 2.53. The molecule has 25 heavy (non-hydrogen) atoms. The Morgan fingerprint density at radius 2 is 2.04 bits per heavy atom. The molecule has 136 valence electrons. The smallest absolute Gasteiger partial charge is 0.319 e. The summed E-state index contributed by atoms with van der Waals surface area (Å²) in [6.45, 7) is 10.4. The van der Waals surface area contributed by atoms with E-state index in [0.29, 0.717) is 19.1 Å². The van der Waals surface area contributed by atoms with Crippen LogP contribution in [0, 0.1) is 13.8 Å². The van der Waals surface area contributed by atoms with Gasteiger partial charge in [-0.25, -0.2) is 4.79 Å². The second-order valence-electron chi connectivity index (χ2n) is 6.74. The third-order valence-corrected chi connectivity index (χ3v) is 4.25. The molecule has 6 heteroatoms. The van der Waals surface area contributed by atoms with Crippen molar-refractivity contribution in [2.45, 2.75) is 40.3 Å². The second-order valence-corrected chi connectivity index (χ2v) is 6.74. The predicted molar refractivity (Wildman–Crippen MR) is 102 cm³/mol. The molecule has 0 atom stereocenters. The Bertz CT molecular complexity index is 708. The van der Waals surface area contributed by atoms with Gasteiger partial charge in [-0.2, -0.15) is 5.10 Å². The van der Waals surface area contributed by atoms with E-state index in [2.05, 4.69) is 40.5 Å². The first kappa shape index (κ1) is 19.0. The van der Waals surface area contributed by atoms with Crippen LogP contribution in [-0.4, -0.2) is 46.9 Å². The molecule has 0 aliphatic heterocycles. The average Bonchev–Trinajstić information content (AvgIpc) is 2.85. The minimum absolute atomic E-state index is 0.180. The molecule has 0 saturated heterocycles. The van der Waals surface area contributed by atoms with E-state index in [0.717, 1.165) is 29.2 Å². The minimum atomic E-state index is -0.180. The summed E-state index contributed by atoms with van der Waals surface area (Å²) in [7, 11) is 2.05. The van der Waals surface area contributed by atoms with Crippen LogP contribution in [0.2, 0.25) is 0 Å². The molecule has 2 rings (SSSR count). The summed E-state index contributed by atoms with van der Waals surface area (Å²) in [5.41, 5.74) is 4.03. The number of likely N-dealkylation sites (N-methyl/N-ethyl adjacent to an activating group) is 1. The Morgan fingerprint density at radius 1 is 1.28 bits per heavy atom. The SMILES string of the molecule is Cc1cc(C)n(Cc2cccc(NC(=O)NCCN(C)C(C)C)c2)n1. The van der Waals surface area contributed by atoms with Gasteiger partial charge in [-0.3, -0.25) is 4.68 Å². The van der Waals surface area contributed by atoms with E-state index in [4.69, 9.17) is 0 Å². The Kier molecular flexibility index (Phi) is 6.58. The van der Waals surface area contributed by atoms with Crippen LogP contribution in [0.5, 0.6) is 0 Å². The van der Waals surface area contributed by atoms with E-state index in [1.54, 1.807) is 0 Å². The third kappa shape index (κ3) is 5.90. The van der Waals surface area contributed by atoms with Crippen LogP contribution in [0.1, 0.15) is 30.8 Å². The van der Waals surface area contributed by atoms with E-state index < -0.39 is 0 Å². The maximum absolute atomic E-state index is 12.0. The first-order valence-corrected chi connectivity index (χ1v) is 8.70. The van der Waals surface area contributed by atoms with Crippen molar-refractivity contribution >= 4 is 11.7 Å². The fourth-order valence-corrected chi connectivity index (χ4v) is 2.53. The summed E-state index contributed by atoms with van der Waals surface area (Å²) in [4.78, 5) is 14.2. The standard InChI is InChI=1S/C19H29N5O/c1-14(2)23(5)10-9-20-19(25)21-18-8-6-7-17(12-18)13-24-16(4)11-15(3)22-24/h6-8,11-12,14H,9-10,13H2,1-5H3,(H2,20,21,25). The first-order chi connectivity index (χ1) is 11.8. The molecule has 0 bridgehead atoms. The zero-order valence-electron chi connectivity index (χ0n) is 15.8. The van der Waals surface area contributed by atoms with Gasteiger partial charge in [0.15, 0.2) is 0 Å². The summed E-state index contributed by atoms with van der Waals surface area (Å²) in [6.07, 6.45) is 0. The summed E-state index contributed by atoms with van der Waals surface area (Å²) in [5, 5.41) is 10.3. The molecule has 0 unspecified atom stereocenters. The molecule has 2 N–H and O–H groups in total. The molecule has 0 spiro atoms. The van der Waals surface area contributed by atoms with E-state index in [1.165, 1.54) is 0 Å². The van der Waals surface area contributed by atoms with Gasteiger partial charge >= 0.3 is 6.03 Å². The maximum Gasteiger partial charge on any atom is 0.319 e. The summed E-state index contributed by atoms with van der Waals surface area (Å²) in [6, 6.07) is 10.2. The Labute approximate surface area is 150 Å². The van der Waals surface area contributed by atoms with Crippen LogP contribution < -0.4 is 10.6 Å². The van der Waals surface area contributed by atoms with Crippen LogP contribution in [0.25, 0.3) is 0 Å². The van der Waals surface area contributed by atoms with Crippen LogP contribution in [0.3, 0.4) is 0 Å². The molecule has 1 aromatic carbocycles. The van der Waals surface area contributed by atoms with E-state index >= 15 is 0 Å². The topological polar surface area (TPSA) is 62.2 Å². The molecule has 0 fully saturated rings.